The number of aromatic hydroxyl groups is 1. The summed E-state index contributed by atoms with van der Waals surface area (Å²) in [7, 11) is 0. The number of hydrazine groups is 1. The fourth-order valence-electron chi connectivity index (χ4n) is 1.03. The number of hydrogen-bond donors (Lipinski definition) is 4. The number of benzene rings is 1. The van der Waals surface area contributed by atoms with Gasteiger partial charge in [0.05, 0.1) is 0 Å². The predicted molar refractivity (Wildman–Crippen MR) is 52.5 cm³/mol. The average Bonchev–Trinajstić information content (AvgIpc) is 2.21. The van der Waals surface area contributed by atoms with Crippen molar-refractivity contribution in [2.45, 2.75) is 6.42 Å². The van der Waals surface area contributed by atoms with Crippen molar-refractivity contribution < 1.29 is 9.90 Å². The standard InChI is InChI=1S/C9H13N3O2/c10-12-9(14)11-6-5-7-1-3-8(13)4-2-7/h1-4,13H,5-6,10H2,(H2,11,12,14). The van der Waals surface area contributed by atoms with Gasteiger partial charge >= 0.3 is 6.03 Å². The molecule has 0 aliphatic rings. The van der Waals surface area contributed by atoms with Gasteiger partial charge in [0.1, 0.15) is 5.75 Å². The van der Waals surface area contributed by atoms with Crippen LogP contribution in [-0.4, -0.2) is 17.7 Å². The third kappa shape index (κ3) is 3.32. The maximum absolute atomic E-state index is 10.7. The Morgan fingerprint density at radius 3 is 2.57 bits per heavy atom. The number of nitrogens with one attached hydrogen (secondary N) is 2. The molecule has 0 unspecified atom stereocenters. The summed E-state index contributed by atoms with van der Waals surface area (Å²) in [5, 5.41) is 11.6. The topological polar surface area (TPSA) is 87.4 Å². The Hall–Kier alpha value is -1.75. The molecule has 1 rings (SSSR count). The molecule has 0 heterocycles. The molecular weight excluding hydrogens is 182 g/mol. The first-order valence-electron chi connectivity index (χ1n) is 4.24. The minimum atomic E-state index is -0.399. The van der Waals surface area contributed by atoms with E-state index in [-0.39, 0.29) is 5.75 Å². The average molecular weight is 195 g/mol. The van der Waals surface area contributed by atoms with Gasteiger partial charge in [-0.3, -0.25) is 5.43 Å². The maximum atomic E-state index is 10.7. The molecule has 76 valence electrons. The summed E-state index contributed by atoms with van der Waals surface area (Å²) in [5.41, 5.74) is 3.01. The Balaban J connectivity index is 2.31. The van der Waals surface area contributed by atoms with Gasteiger partial charge in [-0.15, -0.1) is 0 Å². The van der Waals surface area contributed by atoms with Crippen molar-refractivity contribution in [2.75, 3.05) is 6.54 Å². The first-order valence-corrected chi connectivity index (χ1v) is 4.24. The third-order valence-electron chi connectivity index (χ3n) is 1.77. The fourth-order valence-corrected chi connectivity index (χ4v) is 1.03. The molecule has 0 fully saturated rings. The smallest absolute Gasteiger partial charge is 0.328 e. The molecule has 0 radical (unpaired) electrons. The van der Waals surface area contributed by atoms with Crippen molar-refractivity contribution in [1.82, 2.24) is 10.7 Å². The number of amides is 2. The van der Waals surface area contributed by atoms with Gasteiger partial charge in [-0.25, -0.2) is 10.6 Å². The summed E-state index contributed by atoms with van der Waals surface area (Å²) >= 11 is 0. The normalized spacial score (nSPS) is 9.50. The van der Waals surface area contributed by atoms with E-state index < -0.39 is 6.03 Å². The molecule has 5 nitrogen and oxygen atoms in total. The van der Waals surface area contributed by atoms with Crippen LogP contribution in [0.2, 0.25) is 0 Å². The van der Waals surface area contributed by atoms with Crippen LogP contribution in [-0.2, 0) is 6.42 Å². The molecular formula is C9H13N3O2. The summed E-state index contributed by atoms with van der Waals surface area (Å²) in [4.78, 5) is 10.7. The summed E-state index contributed by atoms with van der Waals surface area (Å²) in [6, 6.07) is 6.43. The largest absolute Gasteiger partial charge is 0.508 e. The Morgan fingerprint density at radius 1 is 1.36 bits per heavy atom. The number of phenols is 1. The van der Waals surface area contributed by atoms with Gasteiger partial charge < -0.3 is 10.4 Å². The molecule has 0 spiro atoms. The van der Waals surface area contributed by atoms with Crippen LogP contribution in [0, 0.1) is 0 Å². The first kappa shape index (κ1) is 10.3. The zero-order chi connectivity index (χ0) is 10.4. The zero-order valence-electron chi connectivity index (χ0n) is 7.66. The molecule has 1 aromatic carbocycles. The van der Waals surface area contributed by atoms with Crippen LogP contribution in [0.4, 0.5) is 4.79 Å². The van der Waals surface area contributed by atoms with Crippen LogP contribution in [0.3, 0.4) is 0 Å². The van der Waals surface area contributed by atoms with E-state index in [9.17, 15) is 4.79 Å². The highest BCUT2D eigenvalue weighted by atomic mass is 16.3. The van der Waals surface area contributed by atoms with E-state index in [1.54, 1.807) is 24.3 Å². The Bertz CT molecular complexity index is 297. The van der Waals surface area contributed by atoms with Crippen LogP contribution in [0.15, 0.2) is 24.3 Å². The van der Waals surface area contributed by atoms with Gasteiger partial charge in [-0.2, -0.15) is 0 Å². The second-order valence-electron chi connectivity index (χ2n) is 2.82. The monoisotopic (exact) mass is 195 g/mol. The summed E-state index contributed by atoms with van der Waals surface area (Å²) in [6.07, 6.45) is 0.702. The van der Waals surface area contributed by atoms with Gasteiger partial charge in [-0.05, 0) is 24.1 Å². The van der Waals surface area contributed by atoms with Crippen molar-refractivity contribution in [3.8, 4) is 5.75 Å². The minimum Gasteiger partial charge on any atom is -0.508 e. The Morgan fingerprint density at radius 2 is 2.00 bits per heavy atom. The van der Waals surface area contributed by atoms with Crippen molar-refractivity contribution in [3.63, 3.8) is 0 Å². The molecule has 5 heteroatoms. The Kier molecular flexibility index (Phi) is 3.75. The molecule has 0 atom stereocenters. The SMILES string of the molecule is NNC(=O)NCCc1ccc(O)cc1. The summed E-state index contributed by atoms with van der Waals surface area (Å²) in [5.74, 6) is 5.11. The second-order valence-corrected chi connectivity index (χ2v) is 2.82. The van der Waals surface area contributed by atoms with Crippen LogP contribution in [0.25, 0.3) is 0 Å². The minimum absolute atomic E-state index is 0.237. The fraction of sp³-hybridized carbons (Fsp3) is 0.222. The molecule has 0 saturated carbocycles. The van der Waals surface area contributed by atoms with E-state index in [2.05, 4.69) is 5.32 Å². The number of urea groups is 1. The van der Waals surface area contributed by atoms with E-state index in [0.717, 1.165) is 5.56 Å². The van der Waals surface area contributed by atoms with Crippen molar-refractivity contribution in [2.24, 2.45) is 5.84 Å². The molecule has 2 amide bonds. The number of nitrogens with two attached hydrogens (primary N) is 1. The molecule has 5 N–H and O–H groups in total. The molecule has 1 aromatic rings. The summed E-state index contributed by atoms with van der Waals surface area (Å²) in [6.45, 7) is 0.508. The first-order chi connectivity index (χ1) is 6.72. The number of rotatable bonds is 3. The van der Waals surface area contributed by atoms with Crippen molar-refractivity contribution in [3.05, 3.63) is 29.8 Å². The number of carbonyl (C=O) groups is 1. The lowest BCUT2D eigenvalue weighted by molar-refractivity contribution is 0.241. The van der Waals surface area contributed by atoms with E-state index in [0.29, 0.717) is 13.0 Å². The van der Waals surface area contributed by atoms with Crippen LogP contribution < -0.4 is 16.6 Å². The lowest BCUT2D eigenvalue weighted by Crippen LogP contribution is -2.40. The number of phenolic OH excluding ortho intramolecular Hbond substituents is 1. The Labute approximate surface area is 81.9 Å². The van der Waals surface area contributed by atoms with E-state index in [1.807, 2.05) is 5.43 Å². The van der Waals surface area contributed by atoms with Crippen LogP contribution in [0.5, 0.6) is 5.75 Å². The van der Waals surface area contributed by atoms with Gasteiger partial charge in [0.25, 0.3) is 0 Å². The molecule has 0 aliphatic heterocycles. The van der Waals surface area contributed by atoms with E-state index >= 15 is 0 Å². The highest BCUT2D eigenvalue weighted by Gasteiger charge is 1.96. The van der Waals surface area contributed by atoms with Gasteiger partial charge in [0.15, 0.2) is 0 Å². The van der Waals surface area contributed by atoms with E-state index in [4.69, 9.17) is 10.9 Å². The summed E-state index contributed by atoms with van der Waals surface area (Å²) < 4.78 is 0. The number of hydrogen-bond acceptors (Lipinski definition) is 3. The highest BCUT2D eigenvalue weighted by Crippen LogP contribution is 2.09. The van der Waals surface area contributed by atoms with Crippen molar-refractivity contribution in [1.29, 1.82) is 0 Å². The number of carbonyl (C=O) groups excluding carboxylic acids is 1. The van der Waals surface area contributed by atoms with E-state index in [1.165, 1.54) is 0 Å². The molecule has 0 bridgehead atoms. The zero-order valence-corrected chi connectivity index (χ0v) is 7.66. The van der Waals surface area contributed by atoms with Gasteiger partial charge in [-0.1, -0.05) is 12.1 Å². The van der Waals surface area contributed by atoms with Crippen molar-refractivity contribution >= 4 is 6.03 Å². The maximum Gasteiger partial charge on any atom is 0.328 e. The van der Waals surface area contributed by atoms with Gasteiger partial charge in [0.2, 0.25) is 0 Å². The third-order valence-corrected chi connectivity index (χ3v) is 1.77. The molecule has 0 saturated heterocycles. The van der Waals surface area contributed by atoms with Crippen LogP contribution >= 0.6 is 0 Å². The molecule has 0 aromatic heterocycles. The lowest BCUT2D eigenvalue weighted by Gasteiger charge is -2.03. The lowest BCUT2D eigenvalue weighted by atomic mass is 10.1. The predicted octanol–water partition coefficient (Wildman–Crippen LogP) is 0.108. The quantitative estimate of drug-likeness (QED) is 0.313. The molecule has 14 heavy (non-hydrogen) atoms. The van der Waals surface area contributed by atoms with Crippen LogP contribution in [0.1, 0.15) is 5.56 Å². The molecule has 0 aliphatic carbocycles. The second kappa shape index (κ2) is 5.08. The van der Waals surface area contributed by atoms with Gasteiger partial charge in [0, 0.05) is 6.54 Å². The highest BCUT2D eigenvalue weighted by molar-refractivity contribution is 5.72.